The Morgan fingerprint density at radius 1 is 1.03 bits per heavy atom. The minimum Gasteiger partial charge on any atom is -0.390 e. The fraction of sp³-hybridized carbons (Fsp3) is 0.630. The number of hydrogen-bond donors (Lipinski definition) is 3. The Balaban J connectivity index is 1.31. The van der Waals surface area contributed by atoms with Gasteiger partial charge in [-0.2, -0.15) is 4.98 Å². The maximum Gasteiger partial charge on any atom is 0.224 e. The molecule has 0 unspecified atom stereocenters. The number of rotatable bonds is 7. The molecule has 3 aliphatic rings. The number of fused-ring (bicyclic) bond motifs is 1. The molecule has 0 amide bonds. The highest BCUT2D eigenvalue weighted by Crippen LogP contribution is 2.45. The number of nitrogens with zero attached hydrogens (tertiary/aromatic N) is 4. The molecule has 3 N–H and O–H groups in total. The van der Waals surface area contributed by atoms with Crippen molar-refractivity contribution in [2.45, 2.75) is 89.7 Å². The SMILES string of the molecule is Cc1nc(NCC2CCC2)nc(N[C@H]2CC[C@@H](C3(O)CCCC3)C2)c1-c1nc2c(C)nccc2s1. The first-order chi connectivity index (χ1) is 17.0. The molecule has 0 aliphatic heterocycles. The van der Waals surface area contributed by atoms with Crippen molar-refractivity contribution in [3.63, 3.8) is 0 Å². The van der Waals surface area contributed by atoms with Crippen molar-refractivity contribution in [3.05, 3.63) is 23.7 Å². The molecular formula is C27H36N6OS. The number of hydrogen-bond acceptors (Lipinski definition) is 8. The molecule has 186 valence electrons. The molecule has 0 aromatic carbocycles. The van der Waals surface area contributed by atoms with Crippen molar-refractivity contribution in [2.75, 3.05) is 17.2 Å². The Labute approximate surface area is 211 Å². The number of thiazole rings is 1. The normalized spacial score (nSPS) is 24.1. The molecule has 6 rings (SSSR count). The van der Waals surface area contributed by atoms with E-state index in [-0.39, 0.29) is 0 Å². The number of aryl methyl sites for hydroxylation is 2. The van der Waals surface area contributed by atoms with Crippen LogP contribution < -0.4 is 10.6 Å². The van der Waals surface area contributed by atoms with E-state index < -0.39 is 5.60 Å². The van der Waals surface area contributed by atoms with Crippen LogP contribution in [0.4, 0.5) is 11.8 Å². The predicted octanol–water partition coefficient (Wildman–Crippen LogP) is 5.86. The van der Waals surface area contributed by atoms with Crippen molar-refractivity contribution in [1.82, 2.24) is 19.9 Å². The second-order valence-electron chi connectivity index (χ2n) is 11.0. The van der Waals surface area contributed by atoms with Crippen molar-refractivity contribution < 1.29 is 5.11 Å². The molecule has 0 radical (unpaired) electrons. The average Bonchev–Trinajstić information content (AvgIpc) is 3.53. The van der Waals surface area contributed by atoms with Crippen LogP contribution >= 0.6 is 11.3 Å². The molecule has 3 heterocycles. The monoisotopic (exact) mass is 492 g/mol. The summed E-state index contributed by atoms with van der Waals surface area (Å²) < 4.78 is 1.13. The molecule has 35 heavy (non-hydrogen) atoms. The molecule has 0 spiro atoms. The number of pyridine rings is 1. The highest BCUT2D eigenvalue weighted by molar-refractivity contribution is 7.21. The summed E-state index contributed by atoms with van der Waals surface area (Å²) >= 11 is 1.68. The van der Waals surface area contributed by atoms with Crippen LogP contribution in [0.15, 0.2) is 12.3 Å². The zero-order valence-electron chi connectivity index (χ0n) is 20.8. The van der Waals surface area contributed by atoms with E-state index in [4.69, 9.17) is 15.0 Å². The zero-order valence-corrected chi connectivity index (χ0v) is 21.6. The Hall–Kier alpha value is -2.32. The molecule has 3 fully saturated rings. The second-order valence-corrected chi connectivity index (χ2v) is 12.0. The molecular weight excluding hydrogens is 456 g/mol. The summed E-state index contributed by atoms with van der Waals surface area (Å²) in [6.07, 6.45) is 13.1. The lowest BCUT2D eigenvalue weighted by Crippen LogP contribution is -2.34. The third kappa shape index (κ3) is 4.51. The Bertz CT molecular complexity index is 1220. The van der Waals surface area contributed by atoms with Crippen LogP contribution in [0.1, 0.15) is 75.6 Å². The maximum atomic E-state index is 11.2. The van der Waals surface area contributed by atoms with Crippen molar-refractivity contribution in [2.24, 2.45) is 11.8 Å². The lowest BCUT2D eigenvalue weighted by molar-refractivity contribution is -0.00994. The van der Waals surface area contributed by atoms with Crippen LogP contribution in [0.3, 0.4) is 0 Å². The largest absolute Gasteiger partial charge is 0.390 e. The Kier molecular flexibility index (Phi) is 6.13. The minimum atomic E-state index is -0.464. The molecule has 8 heteroatoms. The number of anilines is 2. The molecule has 3 aromatic rings. The summed E-state index contributed by atoms with van der Waals surface area (Å²) in [6.45, 7) is 5.00. The van der Waals surface area contributed by atoms with Gasteiger partial charge in [-0.05, 0) is 76.7 Å². The number of aliphatic hydroxyl groups is 1. The fourth-order valence-corrected chi connectivity index (χ4v) is 7.33. The topological polar surface area (TPSA) is 95.9 Å². The lowest BCUT2D eigenvalue weighted by atomic mass is 9.84. The van der Waals surface area contributed by atoms with Gasteiger partial charge in [0.05, 0.1) is 27.3 Å². The van der Waals surface area contributed by atoms with Crippen LogP contribution in [0.5, 0.6) is 0 Å². The van der Waals surface area contributed by atoms with E-state index >= 15 is 0 Å². The minimum absolute atomic E-state index is 0.301. The van der Waals surface area contributed by atoms with Crippen LogP contribution in [0.2, 0.25) is 0 Å². The van der Waals surface area contributed by atoms with Gasteiger partial charge >= 0.3 is 0 Å². The standard InChI is InChI=1S/C27H36N6OS/c1-16-22(25-32-23-17(2)28-13-10-21(23)35-25)24(33-26(30-16)29-15-18-6-5-7-18)31-20-9-8-19(14-20)27(34)11-3-4-12-27/h10,13,18-20,34H,3-9,11-12,14-15H2,1-2H3,(H2,29,30,31,33)/t19-,20+/m1/s1. The summed E-state index contributed by atoms with van der Waals surface area (Å²) in [5.74, 6) is 2.67. The third-order valence-electron chi connectivity index (χ3n) is 8.57. The summed E-state index contributed by atoms with van der Waals surface area (Å²) in [5.41, 5.74) is 3.36. The van der Waals surface area contributed by atoms with Gasteiger partial charge in [-0.25, -0.2) is 9.97 Å². The van der Waals surface area contributed by atoms with Crippen LogP contribution in [0, 0.1) is 25.7 Å². The first-order valence-electron chi connectivity index (χ1n) is 13.3. The first-order valence-corrected chi connectivity index (χ1v) is 14.1. The van der Waals surface area contributed by atoms with Gasteiger partial charge in [0.1, 0.15) is 16.3 Å². The first kappa shape index (κ1) is 23.1. The van der Waals surface area contributed by atoms with Gasteiger partial charge in [-0.3, -0.25) is 4.98 Å². The molecule has 0 bridgehead atoms. The molecule has 2 atom stereocenters. The van der Waals surface area contributed by atoms with Crippen LogP contribution in [0.25, 0.3) is 20.8 Å². The van der Waals surface area contributed by atoms with Crippen molar-refractivity contribution in [3.8, 4) is 10.6 Å². The molecule has 3 aliphatic carbocycles. The molecule has 3 aromatic heterocycles. The summed E-state index contributed by atoms with van der Waals surface area (Å²) in [6, 6.07) is 2.33. The smallest absolute Gasteiger partial charge is 0.224 e. The lowest BCUT2D eigenvalue weighted by Gasteiger charge is -2.29. The molecule has 0 saturated heterocycles. The van der Waals surface area contributed by atoms with Crippen molar-refractivity contribution in [1.29, 1.82) is 0 Å². The zero-order chi connectivity index (χ0) is 24.0. The Morgan fingerprint density at radius 2 is 1.86 bits per heavy atom. The van der Waals surface area contributed by atoms with Gasteiger partial charge in [0.25, 0.3) is 0 Å². The number of nitrogens with one attached hydrogen (secondary N) is 2. The van der Waals surface area contributed by atoms with Gasteiger partial charge < -0.3 is 15.7 Å². The molecule has 7 nitrogen and oxygen atoms in total. The quantitative estimate of drug-likeness (QED) is 0.380. The van der Waals surface area contributed by atoms with Crippen LogP contribution in [-0.2, 0) is 0 Å². The molecule has 3 saturated carbocycles. The third-order valence-corrected chi connectivity index (χ3v) is 9.61. The van der Waals surface area contributed by atoms with Gasteiger partial charge in [-0.1, -0.05) is 19.3 Å². The van der Waals surface area contributed by atoms with Crippen LogP contribution in [-0.4, -0.2) is 43.2 Å². The van der Waals surface area contributed by atoms with E-state index in [9.17, 15) is 5.11 Å². The van der Waals surface area contributed by atoms with Gasteiger partial charge in [0.15, 0.2) is 0 Å². The second kappa shape index (κ2) is 9.28. The van der Waals surface area contributed by atoms with Crippen molar-refractivity contribution >= 4 is 33.3 Å². The Morgan fingerprint density at radius 3 is 2.60 bits per heavy atom. The highest BCUT2D eigenvalue weighted by atomic mass is 32.1. The van der Waals surface area contributed by atoms with E-state index in [1.54, 1.807) is 11.3 Å². The van der Waals surface area contributed by atoms with E-state index in [1.165, 1.54) is 19.3 Å². The van der Waals surface area contributed by atoms with Gasteiger partial charge in [0.2, 0.25) is 5.95 Å². The maximum absolute atomic E-state index is 11.2. The predicted molar refractivity (Wildman–Crippen MR) is 142 cm³/mol. The summed E-state index contributed by atoms with van der Waals surface area (Å²) in [7, 11) is 0. The number of aromatic nitrogens is 4. The summed E-state index contributed by atoms with van der Waals surface area (Å²) in [5, 5.41) is 19.4. The van der Waals surface area contributed by atoms with Gasteiger partial charge in [0, 0.05) is 18.8 Å². The highest BCUT2D eigenvalue weighted by Gasteiger charge is 2.43. The summed E-state index contributed by atoms with van der Waals surface area (Å²) in [4.78, 5) is 19.2. The van der Waals surface area contributed by atoms with Gasteiger partial charge in [-0.15, -0.1) is 11.3 Å². The van der Waals surface area contributed by atoms with E-state index in [2.05, 4.69) is 22.5 Å². The van der Waals surface area contributed by atoms with E-state index in [1.807, 2.05) is 19.2 Å². The van der Waals surface area contributed by atoms with E-state index in [0.29, 0.717) is 17.9 Å². The average molecular weight is 493 g/mol. The fourth-order valence-electron chi connectivity index (χ4n) is 6.22. The van der Waals surface area contributed by atoms with E-state index in [0.717, 1.165) is 95.4 Å².